The molecule has 0 aliphatic heterocycles. The van der Waals surface area contributed by atoms with Gasteiger partial charge in [-0.1, -0.05) is 13.8 Å². The summed E-state index contributed by atoms with van der Waals surface area (Å²) in [4.78, 5) is 0. The molecule has 0 heterocycles. The molecule has 0 atom stereocenters. The zero-order valence-corrected chi connectivity index (χ0v) is 9.79. The number of hydrogen-bond acceptors (Lipinski definition) is 0. The second-order valence-corrected chi connectivity index (χ2v) is 2.66. The molecule has 1 heteroatoms. The van der Waals surface area contributed by atoms with Gasteiger partial charge in [0.25, 0.3) is 0 Å². The van der Waals surface area contributed by atoms with Gasteiger partial charge in [0, 0.05) is 0 Å². The Balaban J connectivity index is 0.000000245. The molecule has 1 radical (unpaired) electrons. The van der Waals surface area contributed by atoms with Gasteiger partial charge >= 0.3 is 16.8 Å². The van der Waals surface area contributed by atoms with Gasteiger partial charge in [0.1, 0.15) is 0 Å². The molecule has 0 aliphatic carbocycles. The first-order valence-electron chi connectivity index (χ1n) is 4.62. The third-order valence-electron chi connectivity index (χ3n) is 1.69. The summed E-state index contributed by atoms with van der Waals surface area (Å²) in [5.74, 6) is 0. The summed E-state index contributed by atoms with van der Waals surface area (Å²) in [5.41, 5.74) is 2.14. The van der Waals surface area contributed by atoms with Gasteiger partial charge in [0.2, 0.25) is 0 Å². The van der Waals surface area contributed by atoms with Crippen molar-refractivity contribution < 1.29 is 16.8 Å². The SMILES string of the molecule is CC[c-]1[c-][c-][c-][c-]1.CC[c-]1[c-][c-][c-][c-]1.[Co+2]. The number of rotatable bonds is 2. The van der Waals surface area contributed by atoms with Crippen LogP contribution in [0, 0.1) is 48.5 Å². The van der Waals surface area contributed by atoms with Gasteiger partial charge in [0.15, 0.2) is 0 Å². The summed E-state index contributed by atoms with van der Waals surface area (Å²) in [6.45, 7) is 4.12. The molecule has 0 saturated carbocycles. The van der Waals surface area contributed by atoms with E-state index in [0.717, 1.165) is 24.0 Å². The van der Waals surface area contributed by atoms with Crippen molar-refractivity contribution >= 4 is 0 Å². The fourth-order valence-corrected chi connectivity index (χ4v) is 0.843. The van der Waals surface area contributed by atoms with Crippen LogP contribution in [0.5, 0.6) is 0 Å². The second kappa shape index (κ2) is 8.51. The molecule has 0 nitrogen and oxygen atoms in total. The van der Waals surface area contributed by atoms with Crippen LogP contribution in [0.3, 0.4) is 0 Å². The summed E-state index contributed by atoms with van der Waals surface area (Å²) in [7, 11) is 0. The van der Waals surface area contributed by atoms with Gasteiger partial charge in [-0.25, -0.2) is 12.8 Å². The van der Waals surface area contributed by atoms with E-state index in [-0.39, 0.29) is 16.8 Å². The Hall–Kier alpha value is -0.794. The van der Waals surface area contributed by atoms with Crippen LogP contribution in [0.4, 0.5) is 0 Å². The van der Waals surface area contributed by atoms with Gasteiger partial charge in [-0.2, -0.15) is 0 Å². The van der Waals surface area contributed by atoms with E-state index in [9.17, 15) is 0 Å². The van der Waals surface area contributed by atoms with Gasteiger partial charge in [-0.15, -0.1) is 0 Å². The average molecular weight is 237 g/mol. The van der Waals surface area contributed by atoms with Crippen LogP contribution in [0.15, 0.2) is 0 Å². The van der Waals surface area contributed by atoms with E-state index in [1.54, 1.807) is 0 Å². The quantitative estimate of drug-likeness (QED) is 0.703. The van der Waals surface area contributed by atoms with Crippen molar-refractivity contribution in [3.63, 3.8) is 0 Å². The van der Waals surface area contributed by atoms with E-state index < -0.39 is 0 Å². The van der Waals surface area contributed by atoms with Crippen LogP contribution >= 0.6 is 0 Å². The zero-order chi connectivity index (χ0) is 10.2. The maximum atomic E-state index is 2.85. The van der Waals surface area contributed by atoms with Crippen LogP contribution in [0.1, 0.15) is 25.0 Å². The van der Waals surface area contributed by atoms with Crippen LogP contribution < -0.4 is 0 Å². The zero-order valence-electron chi connectivity index (χ0n) is 8.75. The molecule has 0 fully saturated rings. The first-order valence-corrected chi connectivity index (χ1v) is 4.62. The molecule has 15 heavy (non-hydrogen) atoms. The van der Waals surface area contributed by atoms with Crippen LogP contribution in [-0.4, -0.2) is 0 Å². The summed E-state index contributed by atoms with van der Waals surface area (Å²) in [6.07, 6.45) is 1.97. The first-order chi connectivity index (χ1) is 6.86. The van der Waals surface area contributed by atoms with Gasteiger partial charge in [-0.3, -0.25) is 0 Å². The van der Waals surface area contributed by atoms with E-state index in [2.05, 4.69) is 62.4 Å². The smallest absolute Gasteiger partial charge is 0.998 e. The van der Waals surface area contributed by atoms with Crippen molar-refractivity contribution in [3.8, 4) is 0 Å². The normalized spacial score (nSPS) is 8.67. The van der Waals surface area contributed by atoms with Crippen molar-refractivity contribution in [3.05, 3.63) is 59.7 Å². The van der Waals surface area contributed by atoms with E-state index in [1.165, 1.54) is 0 Å². The van der Waals surface area contributed by atoms with Crippen molar-refractivity contribution in [2.45, 2.75) is 26.7 Å². The molecule has 0 aromatic heterocycles. The molecule has 0 aliphatic rings. The Kier molecular flexibility index (Phi) is 8.06. The molecule has 2 aromatic carbocycles. The van der Waals surface area contributed by atoms with Crippen molar-refractivity contribution in [2.75, 3.05) is 0 Å². The van der Waals surface area contributed by atoms with Crippen LogP contribution in [0.2, 0.25) is 0 Å². The van der Waals surface area contributed by atoms with Gasteiger partial charge in [0.05, 0.1) is 0 Å². The number of aryl methyl sites for hydroxylation is 2. The summed E-state index contributed by atoms with van der Waals surface area (Å²) in [6, 6.07) is 22.1. The third-order valence-corrected chi connectivity index (χ3v) is 1.69. The maximum Gasteiger partial charge on any atom is 2.00 e. The Morgan fingerprint density at radius 1 is 0.667 bits per heavy atom. The third kappa shape index (κ3) is 5.60. The molecular formula is C14H10Co-8. The van der Waals surface area contributed by atoms with Gasteiger partial charge < -0.3 is 59.7 Å². The standard InChI is InChI=1S/2C7H5.Co/c2*1-2-7-5-3-4-6-7;/h2*2H2,1H3;/q2*-5;+2. The largest absolute Gasteiger partial charge is 2.00 e. The van der Waals surface area contributed by atoms with Crippen molar-refractivity contribution in [1.82, 2.24) is 0 Å². The Morgan fingerprint density at radius 2 is 0.933 bits per heavy atom. The van der Waals surface area contributed by atoms with E-state index in [4.69, 9.17) is 0 Å². The minimum atomic E-state index is 0. The number of hydrogen-bond donors (Lipinski definition) is 0. The molecule has 2 rings (SSSR count). The molecule has 0 amide bonds. The van der Waals surface area contributed by atoms with E-state index >= 15 is 0 Å². The van der Waals surface area contributed by atoms with Crippen molar-refractivity contribution in [2.24, 2.45) is 0 Å². The monoisotopic (exact) mass is 237 g/mol. The summed E-state index contributed by atoms with van der Waals surface area (Å²) < 4.78 is 0. The molecule has 0 saturated heterocycles. The molecule has 0 unspecified atom stereocenters. The van der Waals surface area contributed by atoms with Crippen LogP contribution in [-0.2, 0) is 29.6 Å². The van der Waals surface area contributed by atoms with Crippen molar-refractivity contribution in [1.29, 1.82) is 0 Å². The molecule has 2 aromatic rings. The molecule has 0 bridgehead atoms. The second-order valence-electron chi connectivity index (χ2n) is 2.66. The Morgan fingerprint density at radius 3 is 1.07 bits per heavy atom. The molecule has 83 valence electrons. The van der Waals surface area contributed by atoms with Gasteiger partial charge in [-0.05, 0) is 0 Å². The predicted octanol–water partition coefficient (Wildman–Crippen LogP) is 2.33. The maximum absolute atomic E-state index is 2.85. The fourth-order valence-electron chi connectivity index (χ4n) is 0.843. The predicted molar refractivity (Wildman–Crippen MR) is 53.5 cm³/mol. The minimum absolute atomic E-state index is 0. The molecule has 0 spiro atoms. The van der Waals surface area contributed by atoms with Crippen LogP contribution in [0.25, 0.3) is 0 Å². The Labute approximate surface area is 103 Å². The minimum Gasteiger partial charge on any atom is -0.998 e. The summed E-state index contributed by atoms with van der Waals surface area (Å²) in [5, 5.41) is 0. The summed E-state index contributed by atoms with van der Waals surface area (Å²) >= 11 is 0. The first kappa shape index (κ1) is 14.2. The topological polar surface area (TPSA) is 0 Å². The van der Waals surface area contributed by atoms with E-state index in [0.29, 0.717) is 0 Å². The molecule has 0 N–H and O–H groups in total. The average Bonchev–Trinajstić information content (AvgIpc) is 2.92. The molecular weight excluding hydrogens is 227 g/mol. The fraction of sp³-hybridized carbons (Fsp3) is 0.286. The Bertz CT molecular complexity index is 269. The van der Waals surface area contributed by atoms with E-state index in [1.807, 2.05) is 0 Å².